The second kappa shape index (κ2) is 4.93. The van der Waals surface area contributed by atoms with Crippen LogP contribution in [-0.4, -0.2) is 4.57 Å². The monoisotopic (exact) mass is 269 g/mol. The Bertz CT molecular complexity index is 745. The summed E-state index contributed by atoms with van der Waals surface area (Å²) in [4.78, 5) is 0. The van der Waals surface area contributed by atoms with Gasteiger partial charge in [-0.2, -0.15) is 0 Å². The molecule has 0 spiro atoms. The number of halogens is 2. The number of hydrogen-bond donors (Lipinski definition) is 0. The molecule has 1 aromatic heterocycles. The van der Waals surface area contributed by atoms with E-state index in [1.807, 2.05) is 54.0 Å². The van der Waals surface area contributed by atoms with Gasteiger partial charge < -0.3 is 4.57 Å². The minimum atomic E-state index is -0.832. The minimum Gasteiger partial charge on any atom is -0.314 e. The zero-order valence-corrected chi connectivity index (χ0v) is 11.0. The fourth-order valence-electron chi connectivity index (χ4n) is 2.34. The summed E-state index contributed by atoms with van der Waals surface area (Å²) in [6, 6.07) is 17.6. The Balaban J connectivity index is 2.18. The zero-order chi connectivity index (χ0) is 14.1. The summed E-state index contributed by atoms with van der Waals surface area (Å²) in [5.74, 6) is -1.66. The molecule has 0 aliphatic carbocycles. The van der Waals surface area contributed by atoms with Crippen LogP contribution in [0.3, 0.4) is 0 Å². The molecule has 1 heterocycles. The smallest absolute Gasteiger partial charge is 0.159 e. The molecular formula is C17H13F2N. The summed E-state index contributed by atoms with van der Waals surface area (Å²) >= 11 is 0. The first-order valence-corrected chi connectivity index (χ1v) is 6.36. The van der Waals surface area contributed by atoms with E-state index in [0.29, 0.717) is 5.56 Å². The molecule has 100 valence electrons. The van der Waals surface area contributed by atoms with Gasteiger partial charge in [-0.3, -0.25) is 0 Å². The second-order valence-corrected chi connectivity index (χ2v) is 4.66. The summed E-state index contributed by atoms with van der Waals surface area (Å²) < 4.78 is 28.5. The van der Waals surface area contributed by atoms with E-state index in [-0.39, 0.29) is 0 Å². The summed E-state index contributed by atoms with van der Waals surface area (Å²) in [5.41, 5.74) is 3.53. The van der Waals surface area contributed by atoms with Crippen molar-refractivity contribution in [3.63, 3.8) is 0 Å². The van der Waals surface area contributed by atoms with Crippen LogP contribution in [-0.2, 0) is 0 Å². The maximum absolute atomic E-state index is 13.4. The summed E-state index contributed by atoms with van der Waals surface area (Å²) in [7, 11) is 0. The fourth-order valence-corrected chi connectivity index (χ4v) is 2.34. The minimum absolute atomic E-state index is 0.654. The normalized spacial score (nSPS) is 10.8. The van der Waals surface area contributed by atoms with Gasteiger partial charge in [-0.1, -0.05) is 18.2 Å². The van der Waals surface area contributed by atoms with Crippen LogP contribution < -0.4 is 0 Å². The average Bonchev–Trinajstić information content (AvgIpc) is 2.85. The van der Waals surface area contributed by atoms with Gasteiger partial charge in [0, 0.05) is 16.9 Å². The van der Waals surface area contributed by atoms with Gasteiger partial charge in [-0.05, 0) is 49.4 Å². The van der Waals surface area contributed by atoms with Gasteiger partial charge in [-0.15, -0.1) is 0 Å². The van der Waals surface area contributed by atoms with Crippen molar-refractivity contribution in [2.75, 3.05) is 0 Å². The molecule has 3 heteroatoms. The number of rotatable bonds is 2. The molecule has 0 N–H and O–H groups in total. The van der Waals surface area contributed by atoms with E-state index in [9.17, 15) is 8.78 Å². The molecular weight excluding hydrogens is 256 g/mol. The van der Waals surface area contributed by atoms with Gasteiger partial charge in [0.05, 0.1) is 5.69 Å². The van der Waals surface area contributed by atoms with Crippen molar-refractivity contribution >= 4 is 0 Å². The van der Waals surface area contributed by atoms with Crippen molar-refractivity contribution in [1.29, 1.82) is 0 Å². The summed E-state index contributed by atoms with van der Waals surface area (Å²) in [5, 5.41) is 0. The molecule has 0 unspecified atom stereocenters. The number of nitrogens with zero attached hydrogens (tertiary/aromatic N) is 1. The maximum Gasteiger partial charge on any atom is 0.159 e. The molecule has 1 nitrogen and oxygen atoms in total. The molecule has 0 bridgehead atoms. The van der Waals surface area contributed by atoms with Gasteiger partial charge in [0.15, 0.2) is 11.6 Å². The highest BCUT2D eigenvalue weighted by Gasteiger charge is 2.11. The number of aryl methyl sites for hydroxylation is 1. The van der Waals surface area contributed by atoms with Crippen LogP contribution in [0.1, 0.15) is 5.69 Å². The van der Waals surface area contributed by atoms with Crippen molar-refractivity contribution < 1.29 is 8.78 Å². The Morgan fingerprint density at radius 2 is 1.55 bits per heavy atom. The number of aromatic nitrogens is 1. The Morgan fingerprint density at radius 3 is 2.25 bits per heavy atom. The largest absolute Gasteiger partial charge is 0.314 e. The highest BCUT2D eigenvalue weighted by atomic mass is 19.2. The third-order valence-electron chi connectivity index (χ3n) is 3.31. The number of benzene rings is 2. The van der Waals surface area contributed by atoms with Gasteiger partial charge in [0.25, 0.3) is 0 Å². The predicted molar refractivity (Wildman–Crippen MR) is 75.9 cm³/mol. The molecule has 0 aliphatic rings. The third kappa shape index (κ3) is 2.11. The Labute approximate surface area is 116 Å². The molecule has 2 aromatic carbocycles. The van der Waals surface area contributed by atoms with E-state index in [1.54, 1.807) is 6.07 Å². The molecule has 0 radical (unpaired) electrons. The van der Waals surface area contributed by atoms with Crippen LogP contribution in [0.25, 0.3) is 16.9 Å². The van der Waals surface area contributed by atoms with Crippen LogP contribution >= 0.6 is 0 Å². The van der Waals surface area contributed by atoms with Gasteiger partial charge in [0.1, 0.15) is 0 Å². The van der Waals surface area contributed by atoms with Gasteiger partial charge in [-0.25, -0.2) is 8.78 Å². The molecule has 3 rings (SSSR count). The quantitative estimate of drug-likeness (QED) is 0.633. The van der Waals surface area contributed by atoms with Gasteiger partial charge >= 0.3 is 0 Å². The lowest BCUT2D eigenvalue weighted by Crippen LogP contribution is -1.99. The first-order chi connectivity index (χ1) is 9.66. The average molecular weight is 269 g/mol. The van der Waals surface area contributed by atoms with E-state index in [2.05, 4.69) is 0 Å². The second-order valence-electron chi connectivity index (χ2n) is 4.66. The van der Waals surface area contributed by atoms with E-state index in [0.717, 1.165) is 23.1 Å². The van der Waals surface area contributed by atoms with Crippen molar-refractivity contribution in [3.05, 3.63) is 78.0 Å². The molecule has 0 saturated heterocycles. The molecule has 0 saturated carbocycles. The molecule has 3 aromatic rings. The van der Waals surface area contributed by atoms with Crippen LogP contribution in [0, 0.1) is 18.6 Å². The van der Waals surface area contributed by atoms with Crippen molar-refractivity contribution in [3.8, 4) is 16.9 Å². The standard InChI is InChI=1S/C17H13F2N/c1-12-7-10-17(13-8-9-15(18)16(19)11-13)20(12)14-5-3-2-4-6-14/h2-11H,1H3. The molecule has 0 aliphatic heterocycles. The summed E-state index contributed by atoms with van der Waals surface area (Å²) in [6.45, 7) is 1.98. The Morgan fingerprint density at radius 1 is 0.800 bits per heavy atom. The molecule has 0 atom stereocenters. The van der Waals surface area contributed by atoms with Crippen LogP contribution in [0.4, 0.5) is 8.78 Å². The lowest BCUT2D eigenvalue weighted by Gasteiger charge is -2.12. The van der Waals surface area contributed by atoms with E-state index >= 15 is 0 Å². The Hall–Kier alpha value is -2.42. The molecule has 20 heavy (non-hydrogen) atoms. The SMILES string of the molecule is Cc1ccc(-c2ccc(F)c(F)c2)n1-c1ccccc1. The molecule has 0 fully saturated rings. The van der Waals surface area contributed by atoms with E-state index < -0.39 is 11.6 Å². The third-order valence-corrected chi connectivity index (χ3v) is 3.31. The van der Waals surface area contributed by atoms with Crippen LogP contribution in [0.5, 0.6) is 0 Å². The topological polar surface area (TPSA) is 4.93 Å². The first-order valence-electron chi connectivity index (χ1n) is 6.36. The van der Waals surface area contributed by atoms with Crippen molar-refractivity contribution in [2.24, 2.45) is 0 Å². The predicted octanol–water partition coefficient (Wildman–Crippen LogP) is 4.73. The van der Waals surface area contributed by atoms with E-state index in [4.69, 9.17) is 0 Å². The highest BCUT2D eigenvalue weighted by Crippen LogP contribution is 2.27. The Kier molecular flexibility index (Phi) is 3.11. The van der Waals surface area contributed by atoms with Gasteiger partial charge in [0.2, 0.25) is 0 Å². The van der Waals surface area contributed by atoms with Crippen LogP contribution in [0.15, 0.2) is 60.7 Å². The number of hydrogen-bond acceptors (Lipinski definition) is 0. The lowest BCUT2D eigenvalue weighted by molar-refractivity contribution is 0.509. The maximum atomic E-state index is 13.4. The van der Waals surface area contributed by atoms with Crippen molar-refractivity contribution in [2.45, 2.75) is 6.92 Å². The van der Waals surface area contributed by atoms with Crippen molar-refractivity contribution in [1.82, 2.24) is 4.57 Å². The fraction of sp³-hybridized carbons (Fsp3) is 0.0588. The van der Waals surface area contributed by atoms with E-state index in [1.165, 1.54) is 6.07 Å². The zero-order valence-electron chi connectivity index (χ0n) is 11.0. The summed E-state index contributed by atoms with van der Waals surface area (Å²) in [6.07, 6.45) is 0. The number of para-hydroxylation sites is 1. The molecule has 0 amide bonds. The van der Waals surface area contributed by atoms with Crippen LogP contribution in [0.2, 0.25) is 0 Å². The lowest BCUT2D eigenvalue weighted by atomic mass is 10.1. The first kappa shape index (κ1) is 12.6. The highest BCUT2D eigenvalue weighted by molar-refractivity contribution is 5.64.